The lowest BCUT2D eigenvalue weighted by Crippen LogP contribution is -2.25. The molecule has 0 amide bonds. The Balaban J connectivity index is 3.05. The quantitative estimate of drug-likeness (QED) is 0.857. The normalized spacial score (nSPS) is 14.5. The summed E-state index contributed by atoms with van der Waals surface area (Å²) in [6.45, 7) is 3.88. The van der Waals surface area contributed by atoms with Crippen LogP contribution >= 0.6 is 11.6 Å². The van der Waals surface area contributed by atoms with Gasteiger partial charge in [-0.2, -0.15) is 0 Å². The van der Waals surface area contributed by atoms with Crippen LogP contribution in [0.15, 0.2) is 12.1 Å². The molecule has 0 unspecified atom stereocenters. The second-order valence-corrected chi connectivity index (χ2v) is 4.16. The van der Waals surface area contributed by atoms with E-state index in [-0.39, 0.29) is 10.8 Å². The third-order valence-corrected chi connectivity index (χ3v) is 2.81. The summed E-state index contributed by atoms with van der Waals surface area (Å²) in [5, 5.41) is 9.78. The highest BCUT2D eigenvalue weighted by molar-refractivity contribution is 6.32. The molecule has 3 nitrogen and oxygen atoms in total. The van der Waals surface area contributed by atoms with E-state index in [4.69, 9.17) is 22.1 Å². The number of hydrogen-bond acceptors (Lipinski definition) is 3. The van der Waals surface area contributed by atoms with Crippen LogP contribution in [0.4, 0.5) is 4.39 Å². The van der Waals surface area contributed by atoms with Crippen LogP contribution in [-0.4, -0.2) is 17.8 Å². The van der Waals surface area contributed by atoms with Crippen molar-refractivity contribution >= 4 is 11.6 Å². The van der Waals surface area contributed by atoms with Crippen LogP contribution in [-0.2, 0) is 0 Å². The van der Waals surface area contributed by atoms with Crippen molar-refractivity contribution in [1.82, 2.24) is 0 Å². The van der Waals surface area contributed by atoms with E-state index in [2.05, 4.69) is 0 Å². The molecule has 0 fully saturated rings. The summed E-state index contributed by atoms with van der Waals surface area (Å²) in [5.41, 5.74) is 6.26. The Morgan fingerprint density at radius 3 is 2.59 bits per heavy atom. The number of benzene rings is 1. The molecule has 5 heteroatoms. The highest BCUT2D eigenvalue weighted by atomic mass is 35.5. The van der Waals surface area contributed by atoms with E-state index in [1.165, 1.54) is 12.1 Å². The summed E-state index contributed by atoms with van der Waals surface area (Å²) < 4.78 is 18.8. The van der Waals surface area contributed by atoms with Gasteiger partial charge >= 0.3 is 0 Å². The lowest BCUT2D eigenvalue weighted by molar-refractivity contribution is 0.140. The first-order valence-electron chi connectivity index (χ1n) is 5.56. The average molecular weight is 262 g/mol. The molecule has 0 aromatic heterocycles. The monoisotopic (exact) mass is 261 g/mol. The SMILES string of the molecule is CCOc1c(F)cc([C@@H](N)[C@@H](O)CC)cc1Cl. The fourth-order valence-corrected chi connectivity index (χ4v) is 1.80. The summed E-state index contributed by atoms with van der Waals surface area (Å²) in [5.74, 6) is -0.538. The molecular formula is C12H17ClFNO2. The minimum atomic E-state index is -0.719. The van der Waals surface area contributed by atoms with E-state index in [0.717, 1.165) is 0 Å². The first kappa shape index (κ1) is 14.2. The van der Waals surface area contributed by atoms with Crippen LogP contribution in [0.3, 0.4) is 0 Å². The smallest absolute Gasteiger partial charge is 0.173 e. The largest absolute Gasteiger partial charge is 0.489 e. The van der Waals surface area contributed by atoms with Crippen LogP contribution in [0, 0.1) is 5.82 Å². The van der Waals surface area contributed by atoms with E-state index in [0.29, 0.717) is 18.6 Å². The van der Waals surface area contributed by atoms with E-state index in [9.17, 15) is 9.50 Å². The maximum absolute atomic E-state index is 13.7. The molecule has 0 bridgehead atoms. The summed E-state index contributed by atoms with van der Waals surface area (Å²) >= 11 is 5.90. The van der Waals surface area contributed by atoms with Crippen molar-refractivity contribution in [3.8, 4) is 5.75 Å². The highest BCUT2D eigenvalue weighted by Crippen LogP contribution is 2.31. The number of ether oxygens (including phenoxy) is 1. The van der Waals surface area contributed by atoms with E-state index in [1.54, 1.807) is 13.8 Å². The Labute approximate surface area is 105 Å². The van der Waals surface area contributed by atoms with Crippen LogP contribution in [0.5, 0.6) is 5.75 Å². The van der Waals surface area contributed by atoms with Gasteiger partial charge in [0, 0.05) is 0 Å². The van der Waals surface area contributed by atoms with Gasteiger partial charge in [0.25, 0.3) is 0 Å². The molecule has 2 atom stereocenters. The summed E-state index contributed by atoms with van der Waals surface area (Å²) in [6, 6.07) is 2.13. The van der Waals surface area contributed by atoms with Gasteiger partial charge in [-0.05, 0) is 31.0 Å². The van der Waals surface area contributed by atoms with Gasteiger partial charge in [0.05, 0.1) is 23.8 Å². The van der Waals surface area contributed by atoms with Crippen LogP contribution in [0.2, 0.25) is 5.02 Å². The molecule has 0 saturated carbocycles. The fraction of sp³-hybridized carbons (Fsp3) is 0.500. The second kappa shape index (κ2) is 6.19. The van der Waals surface area contributed by atoms with Gasteiger partial charge in [-0.25, -0.2) is 4.39 Å². The van der Waals surface area contributed by atoms with Gasteiger partial charge in [0.2, 0.25) is 0 Å². The molecule has 17 heavy (non-hydrogen) atoms. The summed E-state index contributed by atoms with van der Waals surface area (Å²) in [6.07, 6.45) is -0.225. The molecule has 0 radical (unpaired) electrons. The van der Waals surface area contributed by atoms with Crippen molar-refractivity contribution in [2.24, 2.45) is 5.73 Å². The number of hydrogen-bond donors (Lipinski definition) is 2. The van der Waals surface area contributed by atoms with Crippen LogP contribution in [0.25, 0.3) is 0 Å². The third-order valence-electron chi connectivity index (χ3n) is 2.53. The molecule has 0 aliphatic rings. The molecule has 0 saturated heterocycles. The number of halogens is 2. The number of aliphatic hydroxyl groups excluding tert-OH is 1. The number of rotatable bonds is 5. The molecule has 0 aliphatic heterocycles. The van der Waals surface area contributed by atoms with Crippen molar-refractivity contribution in [3.05, 3.63) is 28.5 Å². The Morgan fingerprint density at radius 1 is 1.47 bits per heavy atom. The van der Waals surface area contributed by atoms with Gasteiger partial charge in [0.15, 0.2) is 11.6 Å². The van der Waals surface area contributed by atoms with Crippen molar-refractivity contribution in [2.75, 3.05) is 6.61 Å². The van der Waals surface area contributed by atoms with Gasteiger partial charge < -0.3 is 15.6 Å². The molecule has 96 valence electrons. The minimum absolute atomic E-state index is 0.0242. The summed E-state index contributed by atoms with van der Waals surface area (Å²) in [4.78, 5) is 0. The standard InChI is InChI=1S/C12H17ClFNO2/c1-3-10(16)11(15)7-5-8(13)12(17-4-2)9(14)6-7/h5-6,10-11,16H,3-4,15H2,1-2H3/t10-,11+/m0/s1. The fourth-order valence-electron chi connectivity index (χ4n) is 1.53. The molecule has 1 aromatic carbocycles. The van der Waals surface area contributed by atoms with Gasteiger partial charge in [-0.3, -0.25) is 0 Å². The van der Waals surface area contributed by atoms with E-state index < -0.39 is 18.0 Å². The highest BCUT2D eigenvalue weighted by Gasteiger charge is 2.19. The predicted molar refractivity (Wildman–Crippen MR) is 65.8 cm³/mol. The molecule has 3 N–H and O–H groups in total. The van der Waals surface area contributed by atoms with Crippen molar-refractivity contribution in [2.45, 2.75) is 32.4 Å². The van der Waals surface area contributed by atoms with E-state index in [1.807, 2.05) is 0 Å². The Kier molecular flexibility index (Phi) is 5.18. The third kappa shape index (κ3) is 3.31. The van der Waals surface area contributed by atoms with Crippen LogP contribution in [0.1, 0.15) is 31.9 Å². The van der Waals surface area contributed by atoms with Gasteiger partial charge in [0.1, 0.15) is 0 Å². The van der Waals surface area contributed by atoms with Crippen molar-refractivity contribution in [1.29, 1.82) is 0 Å². The Morgan fingerprint density at radius 2 is 2.12 bits per heavy atom. The Bertz CT molecular complexity index is 364. The molecule has 0 aliphatic carbocycles. The number of aliphatic hydroxyl groups is 1. The predicted octanol–water partition coefficient (Wildman–Crippen LogP) is 2.65. The van der Waals surface area contributed by atoms with E-state index >= 15 is 0 Å². The maximum Gasteiger partial charge on any atom is 0.173 e. The zero-order valence-electron chi connectivity index (χ0n) is 9.91. The minimum Gasteiger partial charge on any atom is -0.489 e. The second-order valence-electron chi connectivity index (χ2n) is 3.75. The molecular weight excluding hydrogens is 245 g/mol. The Hall–Kier alpha value is -0.840. The van der Waals surface area contributed by atoms with Crippen molar-refractivity contribution < 1.29 is 14.2 Å². The zero-order chi connectivity index (χ0) is 13.0. The molecule has 1 aromatic rings. The first-order chi connectivity index (χ1) is 8.01. The first-order valence-corrected chi connectivity index (χ1v) is 5.94. The maximum atomic E-state index is 13.7. The number of nitrogens with two attached hydrogens (primary N) is 1. The summed E-state index contributed by atoms with van der Waals surface area (Å²) in [7, 11) is 0. The van der Waals surface area contributed by atoms with Crippen molar-refractivity contribution in [3.63, 3.8) is 0 Å². The van der Waals surface area contributed by atoms with Gasteiger partial charge in [-0.1, -0.05) is 18.5 Å². The van der Waals surface area contributed by atoms with Gasteiger partial charge in [-0.15, -0.1) is 0 Å². The lowest BCUT2D eigenvalue weighted by Gasteiger charge is -2.19. The zero-order valence-corrected chi connectivity index (χ0v) is 10.7. The van der Waals surface area contributed by atoms with Crippen LogP contribution < -0.4 is 10.5 Å². The topological polar surface area (TPSA) is 55.5 Å². The average Bonchev–Trinajstić information content (AvgIpc) is 2.31. The molecule has 0 spiro atoms. The molecule has 1 rings (SSSR count). The molecule has 0 heterocycles. The lowest BCUT2D eigenvalue weighted by atomic mass is 10.0.